The molecule has 2 heterocycles. The van der Waals surface area contributed by atoms with Gasteiger partial charge in [-0.3, -0.25) is 9.98 Å². The number of hydrogen-bond donors (Lipinski definition) is 1. The topological polar surface area (TPSA) is 72.8 Å². The van der Waals surface area contributed by atoms with Crippen LogP contribution >= 0.6 is 11.6 Å². The van der Waals surface area contributed by atoms with Crippen LogP contribution in [-0.2, 0) is 14.3 Å². The molecule has 0 bridgehead atoms. The van der Waals surface area contributed by atoms with Gasteiger partial charge in [-0.05, 0) is 24.3 Å². The maximum Gasteiger partial charge on any atom is 0.338 e. The molecule has 2 aromatic rings. The number of nitrogens with zero attached hydrogens (tertiary/aromatic N) is 2. The van der Waals surface area contributed by atoms with Crippen molar-refractivity contribution < 1.29 is 18.7 Å². The van der Waals surface area contributed by atoms with Crippen LogP contribution < -0.4 is 5.32 Å². The zero-order valence-electron chi connectivity index (χ0n) is 15.5. The van der Waals surface area contributed by atoms with Crippen LogP contribution in [0.25, 0.3) is 0 Å². The van der Waals surface area contributed by atoms with Gasteiger partial charge in [-0.1, -0.05) is 23.6 Å². The molecule has 1 aromatic carbocycles. The summed E-state index contributed by atoms with van der Waals surface area (Å²) in [5, 5.41) is 3.25. The number of rotatable bonds is 6. The smallest absolute Gasteiger partial charge is 0.338 e. The second-order valence-electron chi connectivity index (χ2n) is 5.99. The average molecular weight is 414 g/mol. The van der Waals surface area contributed by atoms with Gasteiger partial charge in [0.1, 0.15) is 24.3 Å². The molecule has 0 saturated carbocycles. The number of terminal acetylenes is 1. The maximum atomic E-state index is 13.6. The fraction of sp³-hybridized carbons (Fsp3) is 0.190. The van der Waals surface area contributed by atoms with Crippen molar-refractivity contribution in [1.82, 2.24) is 10.3 Å². The summed E-state index contributed by atoms with van der Waals surface area (Å²) in [7, 11) is 1.26. The van der Waals surface area contributed by atoms with E-state index in [1.165, 1.54) is 25.3 Å². The lowest BCUT2D eigenvalue weighted by atomic mass is 9.95. The minimum Gasteiger partial charge on any atom is -0.466 e. The first-order valence-electron chi connectivity index (χ1n) is 8.58. The molecule has 8 heteroatoms. The molecule has 1 aliphatic heterocycles. The number of methoxy groups -OCH3 is 1. The van der Waals surface area contributed by atoms with Gasteiger partial charge in [0, 0.05) is 28.5 Å². The van der Waals surface area contributed by atoms with Gasteiger partial charge in [0.25, 0.3) is 0 Å². The predicted octanol–water partition coefficient (Wildman–Crippen LogP) is 3.04. The summed E-state index contributed by atoms with van der Waals surface area (Å²) in [5.74, 6) is 1.75. The Hall–Kier alpha value is -3.21. The van der Waals surface area contributed by atoms with Crippen LogP contribution in [0.15, 0.2) is 59.0 Å². The highest BCUT2D eigenvalue weighted by atomic mass is 35.5. The van der Waals surface area contributed by atoms with E-state index in [9.17, 15) is 9.18 Å². The minimum atomic E-state index is -0.829. The second-order valence-corrected chi connectivity index (χ2v) is 6.39. The number of hydrogen-bond acceptors (Lipinski definition) is 6. The van der Waals surface area contributed by atoms with Crippen molar-refractivity contribution in [3.8, 4) is 12.3 Å². The Morgan fingerprint density at radius 3 is 2.76 bits per heavy atom. The largest absolute Gasteiger partial charge is 0.466 e. The lowest BCUT2D eigenvalue weighted by molar-refractivity contribution is -0.136. The Kier molecular flexibility index (Phi) is 6.60. The predicted molar refractivity (Wildman–Crippen MR) is 107 cm³/mol. The summed E-state index contributed by atoms with van der Waals surface area (Å²) in [5.41, 5.74) is 1.83. The molecular formula is C21H17ClFN3O3. The number of nitrogens with one attached hydrogen (secondary N) is 1. The third kappa shape index (κ3) is 4.62. The molecule has 1 atom stereocenters. The highest BCUT2D eigenvalue weighted by Gasteiger charge is 2.33. The fourth-order valence-electron chi connectivity index (χ4n) is 2.88. The number of benzene rings is 1. The Bertz CT molecular complexity index is 1020. The highest BCUT2D eigenvalue weighted by Crippen LogP contribution is 2.36. The van der Waals surface area contributed by atoms with Crippen LogP contribution in [0.1, 0.15) is 17.2 Å². The van der Waals surface area contributed by atoms with Gasteiger partial charge < -0.3 is 14.8 Å². The molecule has 0 spiro atoms. The minimum absolute atomic E-state index is 0.0219. The summed E-state index contributed by atoms with van der Waals surface area (Å²) in [4.78, 5) is 21.3. The van der Waals surface area contributed by atoms with Gasteiger partial charge >= 0.3 is 5.97 Å². The first-order chi connectivity index (χ1) is 14.0. The third-order valence-corrected chi connectivity index (χ3v) is 4.50. The summed E-state index contributed by atoms with van der Waals surface area (Å²) < 4.78 is 24.0. The van der Waals surface area contributed by atoms with E-state index >= 15 is 0 Å². The number of pyridine rings is 1. The van der Waals surface area contributed by atoms with Gasteiger partial charge in [0.05, 0.1) is 25.0 Å². The molecular weight excluding hydrogens is 397 g/mol. The quantitative estimate of drug-likeness (QED) is 0.447. The van der Waals surface area contributed by atoms with Gasteiger partial charge in [0.15, 0.2) is 0 Å². The Morgan fingerprint density at radius 2 is 2.10 bits per heavy atom. The molecule has 0 saturated heterocycles. The number of aromatic nitrogens is 1. The number of carbonyl (C=O) groups is 1. The van der Waals surface area contributed by atoms with Crippen LogP contribution in [0, 0.1) is 18.2 Å². The molecule has 0 fully saturated rings. The van der Waals surface area contributed by atoms with Crippen molar-refractivity contribution in [3.63, 3.8) is 0 Å². The molecule has 0 aliphatic carbocycles. The summed E-state index contributed by atoms with van der Waals surface area (Å²) in [6.45, 7) is 0.0807. The molecule has 0 radical (unpaired) electrons. The van der Waals surface area contributed by atoms with Gasteiger partial charge in [0.2, 0.25) is 0 Å². The lowest BCUT2D eigenvalue weighted by Gasteiger charge is -2.28. The number of halogens is 2. The van der Waals surface area contributed by atoms with Crippen molar-refractivity contribution in [2.24, 2.45) is 4.99 Å². The van der Waals surface area contributed by atoms with E-state index in [1.807, 2.05) is 0 Å². The molecule has 0 amide bonds. The van der Waals surface area contributed by atoms with Crippen LogP contribution in [0.3, 0.4) is 0 Å². The van der Waals surface area contributed by atoms with Crippen molar-refractivity contribution >= 4 is 23.4 Å². The molecule has 148 valence electrons. The lowest BCUT2D eigenvalue weighted by Crippen LogP contribution is -2.35. The molecule has 3 rings (SSSR count). The van der Waals surface area contributed by atoms with E-state index in [1.54, 1.807) is 24.5 Å². The second kappa shape index (κ2) is 9.32. The van der Waals surface area contributed by atoms with Gasteiger partial charge in [-0.2, -0.15) is 0 Å². The Morgan fingerprint density at radius 1 is 1.34 bits per heavy atom. The number of carbonyl (C=O) groups excluding carboxylic acids is 1. The van der Waals surface area contributed by atoms with Crippen LogP contribution in [0.2, 0.25) is 5.02 Å². The SMILES string of the molecule is C#CCOCC1=C(C(=O)OC)C(c2ccc(F)cc2Cl)N=C(c2ccncc2)N1. The molecule has 1 N–H and O–H groups in total. The zero-order valence-corrected chi connectivity index (χ0v) is 16.2. The van der Waals surface area contributed by atoms with Gasteiger partial charge in [-0.25, -0.2) is 9.18 Å². The van der Waals surface area contributed by atoms with Crippen LogP contribution in [0.4, 0.5) is 4.39 Å². The van der Waals surface area contributed by atoms with Crippen molar-refractivity contribution in [1.29, 1.82) is 0 Å². The van der Waals surface area contributed by atoms with Crippen LogP contribution in [-0.4, -0.2) is 37.1 Å². The molecule has 1 unspecified atom stereocenters. The van der Waals surface area contributed by atoms with E-state index < -0.39 is 17.8 Å². The molecule has 1 aromatic heterocycles. The van der Waals surface area contributed by atoms with E-state index in [0.29, 0.717) is 17.1 Å². The van der Waals surface area contributed by atoms with Crippen molar-refractivity contribution in [2.75, 3.05) is 20.3 Å². The highest BCUT2D eigenvalue weighted by molar-refractivity contribution is 6.31. The van der Waals surface area contributed by atoms with E-state index in [0.717, 1.165) is 5.56 Å². The summed E-state index contributed by atoms with van der Waals surface area (Å²) in [6, 6.07) is 6.61. The first kappa shape index (κ1) is 20.5. The normalized spacial score (nSPS) is 15.9. The van der Waals surface area contributed by atoms with Gasteiger partial charge in [-0.15, -0.1) is 6.42 Å². The Labute approximate surface area is 172 Å². The number of ether oxygens (including phenoxy) is 2. The average Bonchev–Trinajstić information content (AvgIpc) is 2.73. The molecule has 6 nitrogen and oxygen atoms in total. The summed E-state index contributed by atoms with van der Waals surface area (Å²) >= 11 is 6.27. The fourth-order valence-corrected chi connectivity index (χ4v) is 3.15. The van der Waals surface area contributed by atoms with E-state index in [4.69, 9.17) is 27.5 Å². The van der Waals surface area contributed by atoms with Crippen molar-refractivity contribution in [2.45, 2.75) is 6.04 Å². The Balaban J connectivity index is 2.15. The van der Waals surface area contributed by atoms with Crippen molar-refractivity contribution in [3.05, 3.63) is 76.0 Å². The number of amidine groups is 1. The standard InChI is InChI=1S/C21H17ClFN3O3/c1-3-10-29-12-17-18(21(27)28-2)19(15-5-4-14(23)11-16(15)22)26-20(25-17)13-6-8-24-9-7-13/h1,4-9,11,19H,10,12H2,2H3,(H,25,26). The van der Waals surface area contributed by atoms with E-state index in [-0.39, 0.29) is 23.8 Å². The molecule has 1 aliphatic rings. The summed E-state index contributed by atoms with van der Waals surface area (Å²) in [6.07, 6.45) is 8.49. The number of aliphatic imine (C=N–C) groups is 1. The third-order valence-electron chi connectivity index (χ3n) is 4.17. The molecule has 29 heavy (non-hydrogen) atoms. The maximum absolute atomic E-state index is 13.6. The van der Waals surface area contributed by atoms with Crippen LogP contribution in [0.5, 0.6) is 0 Å². The zero-order chi connectivity index (χ0) is 20.8. The number of esters is 1. The van der Waals surface area contributed by atoms with E-state index in [2.05, 4.69) is 21.2 Å². The monoisotopic (exact) mass is 413 g/mol. The first-order valence-corrected chi connectivity index (χ1v) is 8.95.